The predicted octanol–water partition coefficient (Wildman–Crippen LogP) is 5.33. The Morgan fingerprint density at radius 2 is 1.68 bits per heavy atom. The van der Waals surface area contributed by atoms with Crippen molar-refractivity contribution in [2.24, 2.45) is 7.05 Å². The number of halogens is 7. The number of aryl methyl sites for hydroxylation is 2. The first kappa shape index (κ1) is 23.8. The quantitative estimate of drug-likeness (QED) is 0.404. The van der Waals surface area contributed by atoms with Gasteiger partial charge in [0.05, 0.1) is 13.6 Å². The number of unbranched alkanes of at least 4 members (excludes halogenated alkanes) is 1. The number of hydrogen-bond donors (Lipinski definition) is 0. The van der Waals surface area contributed by atoms with E-state index < -0.39 is 19.9 Å². The van der Waals surface area contributed by atoms with Crippen LogP contribution in [0.1, 0.15) is 19.8 Å². The molecule has 0 fully saturated rings. The fraction of sp³-hybridized carbons (Fsp3) is 0.625. The summed E-state index contributed by atoms with van der Waals surface area (Å²) in [4.78, 5) is 0. The van der Waals surface area contributed by atoms with Crippen molar-refractivity contribution in [1.29, 1.82) is 0 Å². The van der Waals surface area contributed by atoms with Gasteiger partial charge in [0.2, 0.25) is 6.33 Å². The van der Waals surface area contributed by atoms with E-state index in [0.717, 1.165) is 6.54 Å². The molecule has 1 aromatic heterocycles. The maximum Gasteiger partial charge on any atom is 0.643 e. The smallest absolute Gasteiger partial charge is 0.396 e. The molecule has 1 aromatic rings. The van der Waals surface area contributed by atoms with Gasteiger partial charge in [-0.2, -0.15) is 0 Å². The van der Waals surface area contributed by atoms with Crippen LogP contribution in [0.25, 0.3) is 0 Å². The third-order valence-electron chi connectivity index (χ3n) is 1.59. The number of hydrogen-bond acceptors (Lipinski definition) is 0. The fourth-order valence-electron chi connectivity index (χ4n) is 0.975. The van der Waals surface area contributed by atoms with E-state index in [0.29, 0.717) is 0 Å². The lowest BCUT2D eigenvalue weighted by atomic mass is 10.3. The van der Waals surface area contributed by atoms with Crippen molar-refractivity contribution in [3.63, 3.8) is 0 Å². The molecular formula is C8H15Al2BrCl6N2. The minimum Gasteiger partial charge on any atom is -0.396 e. The highest BCUT2D eigenvalue weighted by molar-refractivity contribution is 9.30. The molecule has 0 aliphatic rings. The maximum absolute atomic E-state index is 5.14. The summed E-state index contributed by atoms with van der Waals surface area (Å²) >= 11 is 1.12. The van der Waals surface area contributed by atoms with E-state index in [1.165, 1.54) is 12.8 Å². The Hall–Kier alpha value is 2.49. The number of rotatable bonds is 3. The molecule has 2 nitrogen and oxygen atoms in total. The van der Waals surface area contributed by atoms with Crippen molar-refractivity contribution in [1.82, 2.24) is 4.57 Å². The lowest BCUT2D eigenvalue weighted by Crippen LogP contribution is -2.23. The van der Waals surface area contributed by atoms with Gasteiger partial charge in [-0.25, -0.2) is 39.3 Å². The van der Waals surface area contributed by atoms with Crippen LogP contribution >= 0.6 is 74.3 Å². The zero-order chi connectivity index (χ0) is 15.5. The van der Waals surface area contributed by atoms with Crippen LogP contribution in [0.4, 0.5) is 0 Å². The van der Waals surface area contributed by atoms with E-state index in [1.54, 1.807) is 0 Å². The standard InChI is InChI=1S/C8H15N2.2Al.BrH.6ClH/c1-3-4-5-10-7-6-9(2)8-10;;;;;;;;;/h6-8H,3-5H2,1-2H3;;;7*1H/q+1;2*+3;;;;;;;/p-7. The van der Waals surface area contributed by atoms with E-state index in [2.05, 4.69) is 48.8 Å². The molecule has 0 aromatic carbocycles. The molecule has 0 aliphatic heterocycles. The molecule has 0 saturated heterocycles. The van der Waals surface area contributed by atoms with E-state index in [1.807, 2.05) is 7.05 Å². The van der Waals surface area contributed by atoms with Crippen LogP contribution in [0.3, 0.4) is 0 Å². The average Bonchev–Trinajstić information content (AvgIpc) is 2.57. The lowest BCUT2D eigenvalue weighted by molar-refractivity contribution is -0.671. The van der Waals surface area contributed by atoms with Gasteiger partial charge in [0.15, 0.2) is 0 Å². The summed E-state index contributed by atoms with van der Waals surface area (Å²) in [5.41, 5.74) is 0. The van der Waals surface area contributed by atoms with Gasteiger partial charge in [-0.3, -0.25) is 0 Å². The van der Waals surface area contributed by atoms with Crippen LogP contribution in [0.5, 0.6) is 0 Å². The molecule has 0 N–H and O–H groups in total. The number of aromatic nitrogens is 2. The first-order chi connectivity index (χ1) is 8.56. The van der Waals surface area contributed by atoms with Gasteiger partial charge < -0.3 is 44.2 Å². The molecule has 0 spiro atoms. The summed E-state index contributed by atoms with van der Waals surface area (Å²) in [6, 6.07) is 0. The van der Waals surface area contributed by atoms with Crippen LogP contribution < -0.4 is 4.57 Å². The van der Waals surface area contributed by atoms with E-state index >= 15 is 0 Å². The van der Waals surface area contributed by atoms with Crippen LogP contribution in [0.2, 0.25) is 0 Å². The zero-order valence-electron chi connectivity index (χ0n) is 10.5. The van der Waals surface area contributed by atoms with Crippen molar-refractivity contribution in [2.45, 2.75) is 26.3 Å². The molecule has 1 rings (SSSR count). The van der Waals surface area contributed by atoms with Crippen LogP contribution in [0, 0.1) is 0 Å². The highest BCUT2D eigenvalue weighted by Gasteiger charge is 2.13. The summed E-state index contributed by atoms with van der Waals surface area (Å²) in [6.07, 6.45) is 8.82. The summed E-state index contributed by atoms with van der Waals surface area (Å²) in [5.74, 6) is 0. The van der Waals surface area contributed by atoms with Gasteiger partial charge in [-0.15, -0.1) is 0 Å². The van der Waals surface area contributed by atoms with E-state index in [4.69, 9.17) is 60.3 Å². The predicted molar refractivity (Wildman–Crippen MR) is 96.1 cm³/mol. The molecule has 0 amide bonds. The molecule has 0 aliphatic carbocycles. The van der Waals surface area contributed by atoms with Crippen LogP contribution in [0.15, 0.2) is 18.7 Å². The summed E-state index contributed by atoms with van der Waals surface area (Å²) in [6.45, 7) is 3.36. The highest BCUT2D eigenvalue weighted by atomic mass is 79.9. The van der Waals surface area contributed by atoms with Gasteiger partial charge >= 0.3 is 19.9 Å². The molecular weight excluding hydrogens is 471 g/mol. The second kappa shape index (κ2) is 14.1. The third-order valence-corrected chi connectivity index (χ3v) is 1.59. The topological polar surface area (TPSA) is 8.81 Å². The monoisotopic (exact) mass is 482 g/mol. The molecule has 0 atom stereocenters. The summed E-state index contributed by atoms with van der Waals surface area (Å²) < 4.78 is 4.28. The Morgan fingerprint density at radius 3 is 1.95 bits per heavy atom. The van der Waals surface area contributed by atoms with Crippen molar-refractivity contribution >= 4 is 94.2 Å². The highest BCUT2D eigenvalue weighted by Crippen LogP contribution is 2.25. The van der Waals surface area contributed by atoms with Gasteiger partial charge in [-0.1, -0.05) is 13.3 Å². The molecule has 0 radical (unpaired) electrons. The SMILES string of the molecule is CCCCn1cc[n+](C)c1.[Cl][Al-]([Cl])([Cl])[Br].[Cl][Al]([Cl])[Cl]. The zero-order valence-corrected chi connectivity index (χ0v) is 19.0. The second-order valence-corrected chi connectivity index (χ2v) is 27.6. The lowest BCUT2D eigenvalue weighted by Gasteiger charge is -1.97. The molecule has 19 heavy (non-hydrogen) atoms. The third kappa shape index (κ3) is 29.2. The van der Waals surface area contributed by atoms with Gasteiger partial charge in [0.1, 0.15) is 12.4 Å². The molecule has 0 saturated carbocycles. The van der Waals surface area contributed by atoms with Gasteiger partial charge in [0, 0.05) is 0 Å². The Bertz CT molecular complexity index is 312. The van der Waals surface area contributed by atoms with Crippen molar-refractivity contribution in [3.8, 4) is 0 Å². The van der Waals surface area contributed by atoms with Crippen LogP contribution in [-0.4, -0.2) is 24.4 Å². The normalized spacial score (nSPS) is 9.95. The molecule has 11 heteroatoms. The van der Waals surface area contributed by atoms with E-state index in [9.17, 15) is 0 Å². The Morgan fingerprint density at radius 1 is 1.26 bits per heavy atom. The van der Waals surface area contributed by atoms with Crippen molar-refractivity contribution in [2.75, 3.05) is 0 Å². The molecule has 112 valence electrons. The Labute approximate surface area is 153 Å². The van der Waals surface area contributed by atoms with Gasteiger partial charge in [0.25, 0.3) is 0 Å². The average molecular weight is 486 g/mol. The second-order valence-electron chi connectivity index (χ2n) is 3.41. The maximum atomic E-state index is 5.14. The molecule has 0 unspecified atom stereocenters. The van der Waals surface area contributed by atoms with Crippen molar-refractivity contribution < 1.29 is 4.57 Å². The molecule has 0 bridgehead atoms. The first-order valence-corrected chi connectivity index (χ1v) is 19.0. The summed E-state index contributed by atoms with van der Waals surface area (Å²) in [7, 11) is 29.7. The largest absolute Gasteiger partial charge is 0.643 e. The van der Waals surface area contributed by atoms with Gasteiger partial charge in [-0.05, 0) is 6.42 Å². The Balaban J connectivity index is 0. The van der Waals surface area contributed by atoms with Crippen molar-refractivity contribution in [3.05, 3.63) is 18.7 Å². The van der Waals surface area contributed by atoms with E-state index in [-0.39, 0.29) is 0 Å². The van der Waals surface area contributed by atoms with Crippen LogP contribution in [-0.2, 0) is 13.6 Å². The minimum absolute atomic E-state index is 1.15. The Kier molecular flexibility index (Phi) is 17.6. The minimum atomic E-state index is -2.60. The number of imidazole rings is 1. The summed E-state index contributed by atoms with van der Waals surface area (Å²) in [5, 5.41) is 0. The first-order valence-electron chi connectivity index (χ1n) is 5.36. The molecule has 1 heterocycles. The fourth-order valence-corrected chi connectivity index (χ4v) is 0.975. The number of nitrogens with zero attached hydrogens (tertiary/aromatic N) is 2.